The summed E-state index contributed by atoms with van der Waals surface area (Å²) >= 11 is 0. The Hall–Kier alpha value is -3.74. The average molecular weight is 387 g/mol. The number of carbonyl (C=O) groups excluding carboxylic acids is 2. The minimum absolute atomic E-state index is 0.0900. The van der Waals surface area contributed by atoms with Crippen LogP contribution in [0.2, 0.25) is 0 Å². The summed E-state index contributed by atoms with van der Waals surface area (Å²) in [7, 11) is 0. The number of aromatic nitrogens is 2. The van der Waals surface area contributed by atoms with Crippen molar-refractivity contribution in [1.29, 1.82) is 0 Å². The number of nitrogens with zero attached hydrogens (tertiary/aromatic N) is 4. The molecule has 0 atom stereocenters. The molecular formula is C22H21N5O2. The van der Waals surface area contributed by atoms with Crippen LogP contribution < -0.4 is 10.2 Å². The zero-order chi connectivity index (χ0) is 20.1. The number of piperazine rings is 1. The molecule has 2 amide bonds. The van der Waals surface area contributed by atoms with Crippen molar-refractivity contribution in [3.8, 4) is 0 Å². The molecule has 146 valence electrons. The molecule has 0 spiro atoms. The van der Waals surface area contributed by atoms with Gasteiger partial charge in [0.05, 0.1) is 11.3 Å². The van der Waals surface area contributed by atoms with E-state index in [1.807, 2.05) is 36.4 Å². The van der Waals surface area contributed by atoms with E-state index in [1.165, 1.54) is 0 Å². The zero-order valence-electron chi connectivity index (χ0n) is 15.9. The van der Waals surface area contributed by atoms with E-state index in [2.05, 4.69) is 20.4 Å². The predicted molar refractivity (Wildman–Crippen MR) is 111 cm³/mol. The van der Waals surface area contributed by atoms with Crippen molar-refractivity contribution in [3.05, 3.63) is 84.1 Å². The van der Waals surface area contributed by atoms with Crippen LogP contribution in [-0.2, 0) is 0 Å². The van der Waals surface area contributed by atoms with E-state index < -0.39 is 0 Å². The number of benzene rings is 2. The highest BCUT2D eigenvalue weighted by molar-refractivity contribution is 6.09. The van der Waals surface area contributed by atoms with Crippen molar-refractivity contribution in [2.24, 2.45) is 0 Å². The number of hydrogen-bond acceptors (Lipinski definition) is 5. The van der Waals surface area contributed by atoms with E-state index >= 15 is 0 Å². The van der Waals surface area contributed by atoms with Gasteiger partial charge in [0.15, 0.2) is 5.82 Å². The quantitative estimate of drug-likeness (QED) is 0.745. The first-order chi connectivity index (χ1) is 14.2. The summed E-state index contributed by atoms with van der Waals surface area (Å²) in [5, 5.41) is 10.9. The summed E-state index contributed by atoms with van der Waals surface area (Å²) in [5.74, 6) is 0.487. The lowest BCUT2D eigenvalue weighted by Crippen LogP contribution is -2.49. The van der Waals surface area contributed by atoms with Gasteiger partial charge in [-0.25, -0.2) is 0 Å². The van der Waals surface area contributed by atoms with Crippen LogP contribution >= 0.6 is 0 Å². The van der Waals surface area contributed by atoms with E-state index in [9.17, 15) is 9.59 Å². The van der Waals surface area contributed by atoms with E-state index in [0.29, 0.717) is 43.0 Å². The highest BCUT2D eigenvalue weighted by Gasteiger charge is 2.25. The van der Waals surface area contributed by atoms with Crippen LogP contribution in [0.1, 0.15) is 20.7 Å². The Balaban J connectivity index is 1.45. The van der Waals surface area contributed by atoms with E-state index in [4.69, 9.17) is 0 Å². The molecule has 1 fully saturated rings. The summed E-state index contributed by atoms with van der Waals surface area (Å²) in [4.78, 5) is 29.5. The third-order valence-corrected chi connectivity index (χ3v) is 4.89. The van der Waals surface area contributed by atoms with E-state index in [0.717, 1.165) is 5.82 Å². The second-order valence-electron chi connectivity index (χ2n) is 6.73. The fourth-order valence-electron chi connectivity index (χ4n) is 3.33. The summed E-state index contributed by atoms with van der Waals surface area (Å²) in [6.07, 6.45) is 1.64. The second kappa shape index (κ2) is 8.52. The van der Waals surface area contributed by atoms with Gasteiger partial charge in [-0.3, -0.25) is 9.59 Å². The van der Waals surface area contributed by atoms with Crippen LogP contribution in [0.4, 0.5) is 11.5 Å². The van der Waals surface area contributed by atoms with Crippen LogP contribution in [-0.4, -0.2) is 53.1 Å². The summed E-state index contributed by atoms with van der Waals surface area (Å²) < 4.78 is 0. The largest absolute Gasteiger partial charge is 0.352 e. The van der Waals surface area contributed by atoms with Crippen LogP contribution in [0.15, 0.2) is 72.9 Å². The van der Waals surface area contributed by atoms with Crippen molar-refractivity contribution >= 4 is 23.3 Å². The molecule has 29 heavy (non-hydrogen) atoms. The predicted octanol–water partition coefficient (Wildman–Crippen LogP) is 2.69. The normalized spacial score (nSPS) is 13.8. The van der Waals surface area contributed by atoms with Gasteiger partial charge in [0.1, 0.15) is 0 Å². The lowest BCUT2D eigenvalue weighted by molar-refractivity contribution is 0.0747. The minimum Gasteiger partial charge on any atom is -0.352 e. The number of para-hydroxylation sites is 1. The molecule has 7 nitrogen and oxygen atoms in total. The third kappa shape index (κ3) is 4.24. The Bertz CT molecular complexity index is 986. The summed E-state index contributed by atoms with van der Waals surface area (Å²) in [5.41, 5.74) is 1.56. The van der Waals surface area contributed by atoms with Gasteiger partial charge >= 0.3 is 0 Å². The standard InChI is InChI=1S/C22H21N5O2/c28-21(17-7-2-1-3-8-17)24-19-10-5-4-9-18(19)22(29)27-15-13-26(14-16-27)20-11-6-12-23-25-20/h1-12H,13-16H2,(H,24,28). The molecule has 1 N–H and O–H groups in total. The van der Waals surface area contributed by atoms with Gasteiger partial charge in [0, 0.05) is 37.9 Å². The van der Waals surface area contributed by atoms with Gasteiger partial charge in [-0.15, -0.1) is 5.10 Å². The molecule has 3 aromatic rings. The van der Waals surface area contributed by atoms with Gasteiger partial charge in [-0.2, -0.15) is 5.10 Å². The first-order valence-electron chi connectivity index (χ1n) is 9.50. The fourth-order valence-corrected chi connectivity index (χ4v) is 3.33. The van der Waals surface area contributed by atoms with Crippen LogP contribution in [0.5, 0.6) is 0 Å². The maximum Gasteiger partial charge on any atom is 0.256 e. The number of carbonyl (C=O) groups is 2. The number of nitrogens with one attached hydrogen (secondary N) is 1. The molecule has 2 aromatic carbocycles. The number of hydrogen-bond donors (Lipinski definition) is 1. The van der Waals surface area contributed by atoms with Gasteiger partial charge in [0.2, 0.25) is 0 Å². The Morgan fingerprint density at radius 3 is 2.28 bits per heavy atom. The minimum atomic E-state index is -0.238. The van der Waals surface area contributed by atoms with E-state index in [1.54, 1.807) is 41.4 Å². The van der Waals surface area contributed by atoms with Crippen molar-refractivity contribution in [3.63, 3.8) is 0 Å². The maximum atomic E-state index is 13.1. The molecule has 1 saturated heterocycles. The Morgan fingerprint density at radius 1 is 0.828 bits per heavy atom. The lowest BCUT2D eigenvalue weighted by Gasteiger charge is -2.35. The monoisotopic (exact) mass is 387 g/mol. The molecule has 1 aliphatic heterocycles. The number of rotatable bonds is 4. The second-order valence-corrected chi connectivity index (χ2v) is 6.73. The fraction of sp³-hybridized carbons (Fsp3) is 0.182. The molecule has 1 aromatic heterocycles. The molecule has 1 aliphatic rings. The van der Waals surface area contributed by atoms with Gasteiger partial charge in [-0.05, 0) is 36.4 Å². The SMILES string of the molecule is O=C(Nc1ccccc1C(=O)N1CCN(c2cccnn2)CC1)c1ccccc1. The van der Waals surface area contributed by atoms with Crippen molar-refractivity contribution < 1.29 is 9.59 Å². The summed E-state index contributed by atoms with van der Waals surface area (Å²) in [6, 6.07) is 19.8. The smallest absolute Gasteiger partial charge is 0.256 e. The molecule has 4 rings (SSSR count). The van der Waals surface area contributed by atoms with Gasteiger partial charge in [0.25, 0.3) is 11.8 Å². The molecule has 0 bridgehead atoms. The first-order valence-corrected chi connectivity index (χ1v) is 9.50. The molecule has 0 unspecified atom stereocenters. The highest BCUT2D eigenvalue weighted by atomic mass is 16.2. The molecular weight excluding hydrogens is 366 g/mol. The van der Waals surface area contributed by atoms with Crippen LogP contribution in [0.25, 0.3) is 0 Å². The van der Waals surface area contributed by atoms with E-state index in [-0.39, 0.29) is 11.8 Å². The Kier molecular flexibility index (Phi) is 5.47. The Labute approximate surface area is 169 Å². The molecule has 7 heteroatoms. The van der Waals surface area contributed by atoms with Crippen molar-refractivity contribution in [1.82, 2.24) is 15.1 Å². The van der Waals surface area contributed by atoms with Gasteiger partial charge in [-0.1, -0.05) is 30.3 Å². The highest BCUT2D eigenvalue weighted by Crippen LogP contribution is 2.20. The zero-order valence-corrected chi connectivity index (χ0v) is 15.9. The molecule has 0 aliphatic carbocycles. The van der Waals surface area contributed by atoms with Gasteiger partial charge < -0.3 is 15.1 Å². The summed E-state index contributed by atoms with van der Waals surface area (Å²) in [6.45, 7) is 2.53. The van der Waals surface area contributed by atoms with Crippen LogP contribution in [0.3, 0.4) is 0 Å². The number of amides is 2. The molecule has 0 radical (unpaired) electrons. The Morgan fingerprint density at radius 2 is 1.55 bits per heavy atom. The maximum absolute atomic E-state index is 13.1. The number of anilines is 2. The topological polar surface area (TPSA) is 78.4 Å². The average Bonchev–Trinajstić information content (AvgIpc) is 2.80. The lowest BCUT2D eigenvalue weighted by atomic mass is 10.1. The molecule has 2 heterocycles. The third-order valence-electron chi connectivity index (χ3n) is 4.89. The molecule has 0 saturated carbocycles. The first kappa shape index (κ1) is 18.6. The van der Waals surface area contributed by atoms with Crippen molar-refractivity contribution in [2.75, 3.05) is 36.4 Å². The van der Waals surface area contributed by atoms with Crippen LogP contribution in [0, 0.1) is 0 Å². The van der Waals surface area contributed by atoms with Crippen molar-refractivity contribution in [2.45, 2.75) is 0 Å².